The molecule has 2 N–H and O–H groups in total. The summed E-state index contributed by atoms with van der Waals surface area (Å²) in [5.74, 6) is 1.13. The Kier molecular flexibility index (Phi) is 5.48. The fraction of sp³-hybridized carbons (Fsp3) is 0.318. The van der Waals surface area contributed by atoms with E-state index in [4.69, 9.17) is 4.74 Å². The Balaban J connectivity index is 1.32. The summed E-state index contributed by atoms with van der Waals surface area (Å²) in [5.41, 5.74) is 2.25. The third-order valence-electron chi connectivity index (χ3n) is 4.78. The molecule has 0 bridgehead atoms. The quantitative estimate of drug-likeness (QED) is 0.630. The largest absolute Gasteiger partial charge is 0.376 e. The third-order valence-corrected chi connectivity index (χ3v) is 4.78. The number of para-hydroxylation sites is 1. The van der Waals surface area contributed by atoms with E-state index in [0.29, 0.717) is 29.8 Å². The minimum atomic E-state index is -0.181. The number of aromatic nitrogens is 2. The fourth-order valence-electron chi connectivity index (χ4n) is 3.08. The van der Waals surface area contributed by atoms with Gasteiger partial charge >= 0.3 is 0 Å². The molecule has 0 atom stereocenters. The lowest BCUT2D eigenvalue weighted by molar-refractivity contribution is -0.116. The third kappa shape index (κ3) is 4.84. The van der Waals surface area contributed by atoms with E-state index in [0.717, 1.165) is 23.8 Å². The van der Waals surface area contributed by atoms with Gasteiger partial charge in [-0.05, 0) is 48.6 Å². The monoisotopic (exact) mass is 377 g/mol. The van der Waals surface area contributed by atoms with Crippen LogP contribution in [0.15, 0.2) is 53.3 Å². The summed E-state index contributed by atoms with van der Waals surface area (Å²) in [6.45, 7) is 1.37. The van der Waals surface area contributed by atoms with Crippen molar-refractivity contribution in [1.82, 2.24) is 9.97 Å². The van der Waals surface area contributed by atoms with Gasteiger partial charge in [0, 0.05) is 25.1 Å². The average molecular weight is 377 g/mol. The first-order valence-electron chi connectivity index (χ1n) is 9.62. The highest BCUT2D eigenvalue weighted by Gasteiger charge is 2.21. The minimum absolute atomic E-state index is 0.119. The summed E-state index contributed by atoms with van der Waals surface area (Å²) >= 11 is 0. The van der Waals surface area contributed by atoms with Gasteiger partial charge in [-0.15, -0.1) is 0 Å². The van der Waals surface area contributed by atoms with Crippen molar-refractivity contribution in [3.63, 3.8) is 0 Å². The molecule has 2 aromatic carbocycles. The van der Waals surface area contributed by atoms with E-state index in [1.165, 1.54) is 12.8 Å². The lowest BCUT2D eigenvalue weighted by atomic mass is 10.2. The predicted molar refractivity (Wildman–Crippen MR) is 108 cm³/mol. The fourth-order valence-corrected chi connectivity index (χ4v) is 3.08. The first-order valence-corrected chi connectivity index (χ1v) is 9.62. The van der Waals surface area contributed by atoms with Gasteiger partial charge in [-0.3, -0.25) is 9.59 Å². The van der Waals surface area contributed by atoms with Gasteiger partial charge in [-0.2, -0.15) is 0 Å². The van der Waals surface area contributed by atoms with Crippen LogP contribution in [0.25, 0.3) is 10.9 Å². The minimum Gasteiger partial charge on any atom is -0.376 e. The number of hydrogen-bond acceptors (Lipinski definition) is 4. The summed E-state index contributed by atoms with van der Waals surface area (Å²) in [5, 5.41) is 3.45. The Morgan fingerprint density at radius 3 is 2.89 bits per heavy atom. The molecule has 0 aliphatic heterocycles. The lowest BCUT2D eigenvalue weighted by Crippen LogP contribution is -2.16. The number of benzene rings is 2. The van der Waals surface area contributed by atoms with Gasteiger partial charge in [-0.25, -0.2) is 4.98 Å². The number of H-pyrrole nitrogens is 1. The molecule has 28 heavy (non-hydrogen) atoms. The van der Waals surface area contributed by atoms with Crippen molar-refractivity contribution in [2.45, 2.75) is 32.3 Å². The normalized spacial score (nSPS) is 13.6. The number of carbonyl (C=O) groups excluding carboxylic acids is 1. The van der Waals surface area contributed by atoms with E-state index in [1.807, 2.05) is 30.3 Å². The number of anilines is 1. The molecule has 1 amide bonds. The second-order valence-electron chi connectivity index (χ2n) is 7.24. The zero-order chi connectivity index (χ0) is 19.3. The molecule has 1 heterocycles. The van der Waals surface area contributed by atoms with Gasteiger partial charge in [0.25, 0.3) is 5.56 Å². The van der Waals surface area contributed by atoms with Crippen LogP contribution in [0.2, 0.25) is 0 Å². The molecule has 6 heteroatoms. The standard InChI is InChI=1S/C22H23N3O3/c26-21(11-10-20-24-19-7-2-1-6-18(19)22(27)25-20)23-17-5-3-4-16(12-17)14-28-13-15-8-9-15/h1-7,12,15H,8-11,13-14H2,(H,23,26)(H,24,25,27). The molecular weight excluding hydrogens is 354 g/mol. The molecular formula is C22H23N3O3. The molecule has 4 rings (SSSR count). The molecule has 0 radical (unpaired) electrons. The summed E-state index contributed by atoms with van der Waals surface area (Å²) in [4.78, 5) is 31.6. The van der Waals surface area contributed by atoms with E-state index in [9.17, 15) is 9.59 Å². The summed E-state index contributed by atoms with van der Waals surface area (Å²) < 4.78 is 5.70. The molecule has 144 valence electrons. The number of ether oxygens (including phenoxy) is 1. The summed E-state index contributed by atoms with van der Waals surface area (Å²) in [6.07, 6.45) is 3.15. The molecule has 6 nitrogen and oxygen atoms in total. The van der Waals surface area contributed by atoms with Gasteiger partial charge in [-0.1, -0.05) is 24.3 Å². The van der Waals surface area contributed by atoms with Crippen molar-refractivity contribution in [2.24, 2.45) is 5.92 Å². The van der Waals surface area contributed by atoms with Crippen molar-refractivity contribution >= 4 is 22.5 Å². The molecule has 0 saturated heterocycles. The summed E-state index contributed by atoms with van der Waals surface area (Å²) in [7, 11) is 0. The molecule has 0 unspecified atom stereocenters. The number of hydrogen-bond donors (Lipinski definition) is 2. The molecule has 1 aliphatic carbocycles. The highest BCUT2D eigenvalue weighted by Crippen LogP contribution is 2.29. The van der Waals surface area contributed by atoms with Crippen molar-refractivity contribution in [3.05, 3.63) is 70.3 Å². The molecule has 3 aromatic rings. The lowest BCUT2D eigenvalue weighted by Gasteiger charge is -2.08. The Labute approximate surface area is 163 Å². The Morgan fingerprint density at radius 1 is 1.18 bits per heavy atom. The van der Waals surface area contributed by atoms with Gasteiger partial charge < -0.3 is 15.0 Å². The first kappa shape index (κ1) is 18.4. The van der Waals surface area contributed by atoms with Crippen LogP contribution in [0.4, 0.5) is 5.69 Å². The molecule has 1 saturated carbocycles. The van der Waals surface area contributed by atoms with Crippen LogP contribution in [0.5, 0.6) is 0 Å². The Morgan fingerprint density at radius 2 is 2.04 bits per heavy atom. The van der Waals surface area contributed by atoms with Crippen LogP contribution < -0.4 is 10.9 Å². The van der Waals surface area contributed by atoms with Gasteiger partial charge in [0.2, 0.25) is 5.91 Å². The number of aryl methyl sites for hydroxylation is 1. The van der Waals surface area contributed by atoms with Crippen molar-refractivity contribution in [1.29, 1.82) is 0 Å². The number of nitrogens with zero attached hydrogens (tertiary/aromatic N) is 1. The van der Waals surface area contributed by atoms with Crippen molar-refractivity contribution in [2.75, 3.05) is 11.9 Å². The maximum Gasteiger partial charge on any atom is 0.258 e. The second-order valence-corrected chi connectivity index (χ2v) is 7.24. The zero-order valence-corrected chi connectivity index (χ0v) is 15.6. The predicted octanol–water partition coefficient (Wildman–Crippen LogP) is 3.42. The number of rotatable bonds is 8. The van der Waals surface area contributed by atoms with E-state index in [-0.39, 0.29) is 17.9 Å². The number of fused-ring (bicyclic) bond motifs is 1. The van der Waals surface area contributed by atoms with E-state index in [1.54, 1.807) is 18.2 Å². The van der Waals surface area contributed by atoms with Crippen LogP contribution in [0.1, 0.15) is 30.7 Å². The summed E-state index contributed by atoms with van der Waals surface area (Å²) in [6, 6.07) is 14.9. The highest BCUT2D eigenvalue weighted by molar-refractivity contribution is 5.90. The number of aromatic amines is 1. The second kappa shape index (κ2) is 8.35. The SMILES string of the molecule is O=C(CCc1nc2ccccc2c(=O)[nH]1)Nc1cccc(COCC2CC2)c1. The number of carbonyl (C=O) groups is 1. The van der Waals surface area contributed by atoms with E-state index < -0.39 is 0 Å². The molecule has 1 aromatic heterocycles. The van der Waals surface area contributed by atoms with Gasteiger partial charge in [0.15, 0.2) is 0 Å². The number of amides is 1. The maximum absolute atomic E-state index is 12.3. The first-order chi connectivity index (χ1) is 13.7. The molecule has 1 fully saturated rings. The van der Waals surface area contributed by atoms with Crippen LogP contribution in [-0.2, 0) is 22.6 Å². The Bertz CT molecular complexity index is 1040. The smallest absolute Gasteiger partial charge is 0.258 e. The maximum atomic E-state index is 12.3. The highest BCUT2D eigenvalue weighted by atomic mass is 16.5. The van der Waals surface area contributed by atoms with E-state index in [2.05, 4.69) is 15.3 Å². The van der Waals surface area contributed by atoms with Gasteiger partial charge in [0.1, 0.15) is 5.82 Å². The number of nitrogens with one attached hydrogen (secondary N) is 2. The van der Waals surface area contributed by atoms with Crippen LogP contribution in [0.3, 0.4) is 0 Å². The van der Waals surface area contributed by atoms with Gasteiger partial charge in [0.05, 0.1) is 17.5 Å². The van der Waals surface area contributed by atoms with Crippen LogP contribution in [0, 0.1) is 5.92 Å². The van der Waals surface area contributed by atoms with E-state index >= 15 is 0 Å². The molecule has 1 aliphatic rings. The van der Waals surface area contributed by atoms with Crippen molar-refractivity contribution < 1.29 is 9.53 Å². The van der Waals surface area contributed by atoms with Crippen LogP contribution in [-0.4, -0.2) is 22.5 Å². The van der Waals surface area contributed by atoms with Crippen LogP contribution >= 0.6 is 0 Å². The zero-order valence-electron chi connectivity index (χ0n) is 15.6. The molecule has 0 spiro atoms. The topological polar surface area (TPSA) is 84.1 Å². The Hall–Kier alpha value is -2.99. The average Bonchev–Trinajstić information content (AvgIpc) is 3.51. The van der Waals surface area contributed by atoms with Crippen molar-refractivity contribution in [3.8, 4) is 0 Å².